The Kier molecular flexibility index (Phi) is 4.74. The van der Waals surface area contributed by atoms with Crippen molar-refractivity contribution >= 4 is 17.2 Å². The molecule has 0 fully saturated rings. The third-order valence-corrected chi connectivity index (χ3v) is 4.05. The highest BCUT2D eigenvalue weighted by molar-refractivity contribution is 7.13. The number of hydrogen-bond acceptors (Lipinski definition) is 2. The molecule has 3 heteroatoms. The molecule has 19 heavy (non-hydrogen) atoms. The fraction of sp³-hybridized carbons (Fsp3) is 0.312. The molecule has 0 aliphatic carbocycles. The molecule has 1 unspecified atom stereocenters. The molecule has 0 saturated heterocycles. The Labute approximate surface area is 118 Å². The van der Waals surface area contributed by atoms with Crippen molar-refractivity contribution in [3.8, 4) is 0 Å². The molecule has 0 radical (unpaired) electrons. The molecule has 0 spiro atoms. The first-order valence-electron chi connectivity index (χ1n) is 6.56. The van der Waals surface area contributed by atoms with E-state index in [4.69, 9.17) is 0 Å². The minimum absolute atomic E-state index is 0.0404. The zero-order chi connectivity index (χ0) is 13.7. The number of aryl methyl sites for hydroxylation is 2. The lowest BCUT2D eigenvalue weighted by Crippen LogP contribution is -2.32. The van der Waals surface area contributed by atoms with E-state index in [2.05, 4.69) is 24.4 Å². The molecule has 100 valence electrons. The van der Waals surface area contributed by atoms with E-state index in [9.17, 15) is 4.79 Å². The molecule has 1 heterocycles. The quantitative estimate of drug-likeness (QED) is 0.882. The Balaban J connectivity index is 1.81. The largest absolute Gasteiger partial charge is 0.349 e. The number of nitrogens with one attached hydrogen (secondary N) is 1. The Morgan fingerprint density at radius 2 is 1.95 bits per heavy atom. The summed E-state index contributed by atoms with van der Waals surface area (Å²) in [5.74, 6) is 0.0404. The highest BCUT2D eigenvalue weighted by atomic mass is 32.1. The monoisotopic (exact) mass is 273 g/mol. The maximum atomic E-state index is 12.0. The van der Waals surface area contributed by atoms with Crippen LogP contribution in [-0.2, 0) is 6.42 Å². The topological polar surface area (TPSA) is 29.1 Å². The standard InChI is InChI=1S/C16H19NOS/c1-12(8-10-14-6-4-3-5-7-14)17-16(18)15-11-9-13(2)19-15/h3-7,9,11-12H,8,10H2,1-2H3,(H,17,18). The highest BCUT2D eigenvalue weighted by Crippen LogP contribution is 2.15. The normalized spacial score (nSPS) is 12.1. The molecule has 0 bridgehead atoms. The average molecular weight is 273 g/mol. The molecular weight excluding hydrogens is 254 g/mol. The molecule has 2 aromatic rings. The van der Waals surface area contributed by atoms with Crippen LogP contribution in [0.3, 0.4) is 0 Å². The van der Waals surface area contributed by atoms with E-state index in [1.54, 1.807) is 11.3 Å². The number of carbonyl (C=O) groups excluding carboxylic acids is 1. The summed E-state index contributed by atoms with van der Waals surface area (Å²) >= 11 is 1.54. The van der Waals surface area contributed by atoms with Crippen LogP contribution in [-0.4, -0.2) is 11.9 Å². The van der Waals surface area contributed by atoms with Crippen molar-refractivity contribution in [1.29, 1.82) is 0 Å². The molecule has 0 saturated carbocycles. The van der Waals surface area contributed by atoms with E-state index in [0.29, 0.717) is 0 Å². The van der Waals surface area contributed by atoms with E-state index < -0.39 is 0 Å². The first-order chi connectivity index (χ1) is 9.15. The van der Waals surface area contributed by atoms with E-state index in [1.807, 2.05) is 37.3 Å². The second-order valence-electron chi connectivity index (χ2n) is 4.81. The molecule has 1 atom stereocenters. The minimum Gasteiger partial charge on any atom is -0.349 e. The summed E-state index contributed by atoms with van der Waals surface area (Å²) in [6, 6.07) is 14.4. The lowest BCUT2D eigenvalue weighted by Gasteiger charge is -2.13. The first kappa shape index (κ1) is 13.8. The molecule has 1 aromatic heterocycles. The molecule has 2 nitrogen and oxygen atoms in total. The van der Waals surface area contributed by atoms with E-state index in [1.165, 1.54) is 10.4 Å². The lowest BCUT2D eigenvalue weighted by atomic mass is 10.1. The predicted octanol–water partition coefficient (Wildman–Crippen LogP) is 3.81. The van der Waals surface area contributed by atoms with Gasteiger partial charge in [-0.2, -0.15) is 0 Å². The zero-order valence-electron chi connectivity index (χ0n) is 11.3. The van der Waals surface area contributed by atoms with E-state index in [0.717, 1.165) is 17.7 Å². The van der Waals surface area contributed by atoms with Crippen molar-refractivity contribution < 1.29 is 4.79 Å². The summed E-state index contributed by atoms with van der Waals surface area (Å²) in [5.41, 5.74) is 1.32. The van der Waals surface area contributed by atoms with Gasteiger partial charge in [-0.25, -0.2) is 0 Å². The number of amides is 1. The SMILES string of the molecule is Cc1ccc(C(=O)NC(C)CCc2ccccc2)s1. The van der Waals surface area contributed by atoms with E-state index in [-0.39, 0.29) is 11.9 Å². The fourth-order valence-electron chi connectivity index (χ4n) is 1.95. The molecule has 0 aliphatic heterocycles. The van der Waals surface area contributed by atoms with Gasteiger partial charge < -0.3 is 5.32 Å². The molecular formula is C16H19NOS. The van der Waals surface area contributed by atoms with Gasteiger partial charge in [0.25, 0.3) is 5.91 Å². The van der Waals surface area contributed by atoms with Gasteiger partial charge in [-0.15, -0.1) is 11.3 Å². The van der Waals surface area contributed by atoms with Crippen LogP contribution in [0.5, 0.6) is 0 Å². The smallest absolute Gasteiger partial charge is 0.261 e. The van der Waals surface area contributed by atoms with Crippen LogP contribution < -0.4 is 5.32 Å². The van der Waals surface area contributed by atoms with Gasteiger partial charge in [-0.05, 0) is 44.4 Å². The summed E-state index contributed by atoms with van der Waals surface area (Å²) in [7, 11) is 0. The molecule has 1 N–H and O–H groups in total. The summed E-state index contributed by atoms with van der Waals surface area (Å²) in [4.78, 5) is 13.9. The number of rotatable bonds is 5. The summed E-state index contributed by atoms with van der Waals surface area (Å²) in [6.07, 6.45) is 1.95. The maximum absolute atomic E-state index is 12.0. The van der Waals surface area contributed by atoms with Crippen LogP contribution in [0, 0.1) is 6.92 Å². The Morgan fingerprint density at radius 1 is 1.21 bits per heavy atom. The van der Waals surface area contributed by atoms with Crippen LogP contribution in [0.1, 0.15) is 33.5 Å². The second kappa shape index (κ2) is 6.53. The van der Waals surface area contributed by atoms with E-state index >= 15 is 0 Å². The third-order valence-electron chi connectivity index (χ3n) is 3.05. The minimum atomic E-state index is 0.0404. The highest BCUT2D eigenvalue weighted by Gasteiger charge is 2.11. The number of hydrogen-bond donors (Lipinski definition) is 1. The van der Waals surface area contributed by atoms with Gasteiger partial charge in [0.15, 0.2) is 0 Å². The Morgan fingerprint density at radius 3 is 2.58 bits per heavy atom. The maximum Gasteiger partial charge on any atom is 0.261 e. The van der Waals surface area contributed by atoms with Gasteiger partial charge >= 0.3 is 0 Å². The number of carbonyl (C=O) groups is 1. The number of thiophene rings is 1. The van der Waals surface area contributed by atoms with Crippen LogP contribution >= 0.6 is 11.3 Å². The predicted molar refractivity (Wildman–Crippen MR) is 80.7 cm³/mol. The van der Waals surface area contributed by atoms with Gasteiger partial charge in [0, 0.05) is 10.9 Å². The summed E-state index contributed by atoms with van der Waals surface area (Å²) in [6.45, 7) is 4.07. The van der Waals surface area contributed by atoms with Crippen LogP contribution in [0.4, 0.5) is 0 Å². The van der Waals surface area contributed by atoms with Gasteiger partial charge in [0.05, 0.1) is 4.88 Å². The van der Waals surface area contributed by atoms with Gasteiger partial charge in [0.2, 0.25) is 0 Å². The van der Waals surface area contributed by atoms with Crippen molar-refractivity contribution in [3.63, 3.8) is 0 Å². The molecule has 2 rings (SSSR count). The van der Waals surface area contributed by atoms with Crippen LogP contribution in [0.15, 0.2) is 42.5 Å². The summed E-state index contributed by atoms with van der Waals surface area (Å²) in [5, 5.41) is 3.05. The lowest BCUT2D eigenvalue weighted by molar-refractivity contribution is 0.0942. The molecule has 1 amide bonds. The molecule has 1 aromatic carbocycles. The van der Waals surface area contributed by atoms with Crippen molar-refractivity contribution in [1.82, 2.24) is 5.32 Å². The first-order valence-corrected chi connectivity index (χ1v) is 7.38. The van der Waals surface area contributed by atoms with Crippen molar-refractivity contribution in [2.24, 2.45) is 0 Å². The van der Waals surface area contributed by atoms with Crippen molar-refractivity contribution in [3.05, 3.63) is 57.8 Å². The average Bonchev–Trinajstić information content (AvgIpc) is 2.84. The zero-order valence-corrected chi connectivity index (χ0v) is 12.2. The third kappa shape index (κ3) is 4.21. The van der Waals surface area contributed by atoms with Gasteiger partial charge in [-0.3, -0.25) is 4.79 Å². The fourth-order valence-corrected chi connectivity index (χ4v) is 2.72. The molecule has 0 aliphatic rings. The van der Waals surface area contributed by atoms with Crippen LogP contribution in [0.2, 0.25) is 0 Å². The van der Waals surface area contributed by atoms with Gasteiger partial charge in [-0.1, -0.05) is 30.3 Å². The number of benzene rings is 1. The Bertz CT molecular complexity index is 533. The second-order valence-corrected chi connectivity index (χ2v) is 6.10. The van der Waals surface area contributed by atoms with Gasteiger partial charge in [0.1, 0.15) is 0 Å². The Hall–Kier alpha value is -1.61. The van der Waals surface area contributed by atoms with Crippen molar-refractivity contribution in [2.45, 2.75) is 32.7 Å². The summed E-state index contributed by atoms with van der Waals surface area (Å²) < 4.78 is 0. The van der Waals surface area contributed by atoms with Crippen molar-refractivity contribution in [2.75, 3.05) is 0 Å². The van der Waals surface area contributed by atoms with Crippen LogP contribution in [0.25, 0.3) is 0 Å².